The molecule has 0 saturated carbocycles. The predicted octanol–water partition coefficient (Wildman–Crippen LogP) is 1.80. The first kappa shape index (κ1) is 17.2. The van der Waals surface area contributed by atoms with Crippen LogP contribution < -0.4 is 9.47 Å². The van der Waals surface area contributed by atoms with Crippen molar-refractivity contribution >= 4 is 18.0 Å². The van der Waals surface area contributed by atoms with Gasteiger partial charge in [-0.15, -0.1) is 0 Å². The fourth-order valence-corrected chi connectivity index (χ4v) is 1.56. The smallest absolute Gasteiger partial charge is 0.409 e. The van der Waals surface area contributed by atoms with E-state index in [2.05, 4.69) is 4.74 Å². The average molecular weight is 309 g/mol. The molecule has 0 unspecified atom stereocenters. The molecule has 0 aliphatic carbocycles. The van der Waals surface area contributed by atoms with E-state index in [4.69, 9.17) is 9.47 Å². The van der Waals surface area contributed by atoms with E-state index in [1.54, 1.807) is 6.92 Å². The largest absolute Gasteiger partial charge is 0.493 e. The first-order valence-corrected chi connectivity index (χ1v) is 6.28. The van der Waals surface area contributed by atoms with Crippen molar-refractivity contribution in [2.45, 2.75) is 13.8 Å². The second kappa shape index (κ2) is 7.77. The summed E-state index contributed by atoms with van der Waals surface area (Å²) in [6.07, 6.45) is 1.05. The summed E-state index contributed by atoms with van der Waals surface area (Å²) >= 11 is 0. The third-order valence-corrected chi connectivity index (χ3v) is 2.43. The number of carbonyl (C=O) groups excluding carboxylic acids is 2. The van der Waals surface area contributed by atoms with Gasteiger partial charge in [-0.25, -0.2) is 4.79 Å². The number of hydrogen-bond acceptors (Lipinski definition) is 7. The molecule has 0 aliphatic heterocycles. The molecule has 118 valence electrons. The molecule has 1 rings (SSSR count). The van der Waals surface area contributed by atoms with Gasteiger partial charge in [0.1, 0.15) is 0 Å². The molecule has 0 atom stereocenters. The normalized spacial score (nSPS) is 10.8. The zero-order chi connectivity index (χ0) is 16.7. The average Bonchev–Trinajstić information content (AvgIpc) is 2.45. The molecule has 0 radical (unpaired) electrons. The van der Waals surface area contributed by atoms with E-state index in [0.717, 1.165) is 6.08 Å². The summed E-state index contributed by atoms with van der Waals surface area (Å²) in [5.41, 5.74) is -0.378. The molecule has 0 aliphatic rings. The summed E-state index contributed by atoms with van der Waals surface area (Å²) in [6.45, 7) is 2.81. The van der Waals surface area contributed by atoms with E-state index >= 15 is 0 Å². The van der Waals surface area contributed by atoms with Gasteiger partial charge in [0.05, 0.1) is 18.6 Å². The van der Waals surface area contributed by atoms with Gasteiger partial charge in [0.15, 0.2) is 11.5 Å². The topological polar surface area (TPSA) is 105 Å². The Balaban J connectivity index is 3.19. The SMILES string of the molecule is CCOC(=O)/C(=C/c1ccc(OC(C)=O)c(OC)c1)[N+](=O)[O-]. The van der Waals surface area contributed by atoms with Gasteiger partial charge in [-0.3, -0.25) is 14.9 Å². The van der Waals surface area contributed by atoms with Crippen LogP contribution in [0.2, 0.25) is 0 Å². The summed E-state index contributed by atoms with van der Waals surface area (Å²) in [4.78, 5) is 32.6. The van der Waals surface area contributed by atoms with E-state index in [1.165, 1.54) is 32.2 Å². The second-order valence-electron chi connectivity index (χ2n) is 4.01. The fraction of sp³-hybridized carbons (Fsp3) is 0.286. The minimum absolute atomic E-state index is 0.0265. The molecular weight excluding hydrogens is 294 g/mol. The van der Waals surface area contributed by atoms with Gasteiger partial charge < -0.3 is 14.2 Å². The van der Waals surface area contributed by atoms with Crippen LogP contribution in [0.1, 0.15) is 19.4 Å². The Morgan fingerprint density at radius 1 is 1.32 bits per heavy atom. The molecule has 0 amide bonds. The lowest BCUT2D eigenvalue weighted by Crippen LogP contribution is -2.14. The molecule has 0 aromatic heterocycles. The van der Waals surface area contributed by atoms with Gasteiger partial charge in [0.2, 0.25) is 0 Å². The highest BCUT2D eigenvalue weighted by Gasteiger charge is 2.23. The Kier molecular flexibility index (Phi) is 6.06. The molecule has 0 spiro atoms. The maximum Gasteiger partial charge on any atom is 0.409 e. The van der Waals surface area contributed by atoms with Crippen molar-refractivity contribution in [3.63, 3.8) is 0 Å². The Morgan fingerprint density at radius 3 is 2.50 bits per heavy atom. The maximum absolute atomic E-state index is 11.5. The minimum atomic E-state index is -1.03. The summed E-state index contributed by atoms with van der Waals surface area (Å²) in [7, 11) is 1.36. The number of methoxy groups -OCH3 is 1. The van der Waals surface area contributed by atoms with E-state index in [0.29, 0.717) is 5.56 Å². The van der Waals surface area contributed by atoms with Gasteiger partial charge in [0.25, 0.3) is 0 Å². The van der Waals surface area contributed by atoms with Crippen molar-refractivity contribution in [1.82, 2.24) is 0 Å². The van der Waals surface area contributed by atoms with Crippen LogP contribution in [0, 0.1) is 10.1 Å². The molecule has 0 saturated heterocycles. The van der Waals surface area contributed by atoms with Crippen LogP contribution in [0.5, 0.6) is 11.5 Å². The van der Waals surface area contributed by atoms with Crippen LogP contribution in [0.25, 0.3) is 6.08 Å². The van der Waals surface area contributed by atoms with Crippen molar-refractivity contribution in [2.75, 3.05) is 13.7 Å². The van der Waals surface area contributed by atoms with Crippen molar-refractivity contribution < 1.29 is 28.7 Å². The van der Waals surface area contributed by atoms with Gasteiger partial charge in [-0.2, -0.15) is 0 Å². The number of nitro groups is 1. The van der Waals surface area contributed by atoms with E-state index in [9.17, 15) is 19.7 Å². The van der Waals surface area contributed by atoms with Crippen LogP contribution >= 0.6 is 0 Å². The monoisotopic (exact) mass is 309 g/mol. The van der Waals surface area contributed by atoms with Gasteiger partial charge >= 0.3 is 17.6 Å². The summed E-state index contributed by atoms with van der Waals surface area (Å²) in [6, 6.07) is 4.26. The van der Waals surface area contributed by atoms with Gasteiger partial charge in [-0.05, 0) is 24.6 Å². The van der Waals surface area contributed by atoms with Crippen LogP contribution in [-0.2, 0) is 14.3 Å². The molecule has 0 fully saturated rings. The maximum atomic E-state index is 11.5. The molecule has 22 heavy (non-hydrogen) atoms. The molecule has 1 aromatic rings. The number of hydrogen-bond donors (Lipinski definition) is 0. The predicted molar refractivity (Wildman–Crippen MR) is 75.9 cm³/mol. The zero-order valence-corrected chi connectivity index (χ0v) is 12.3. The highest BCUT2D eigenvalue weighted by atomic mass is 16.6. The third-order valence-electron chi connectivity index (χ3n) is 2.43. The number of nitrogens with zero attached hydrogens (tertiary/aromatic N) is 1. The standard InChI is InChI=1S/C14H15NO7/c1-4-21-14(17)11(15(18)19)7-10-5-6-12(22-9(2)16)13(8-10)20-3/h5-8H,4H2,1-3H3/b11-7-. The van der Waals surface area contributed by atoms with Gasteiger partial charge in [-0.1, -0.05) is 6.07 Å². The molecular formula is C14H15NO7. The van der Waals surface area contributed by atoms with Crippen LogP contribution in [0.4, 0.5) is 0 Å². The van der Waals surface area contributed by atoms with Crippen LogP contribution in [-0.4, -0.2) is 30.6 Å². The molecule has 0 N–H and O–H groups in total. The summed E-state index contributed by atoms with van der Waals surface area (Å²) in [5, 5.41) is 10.9. The Bertz CT molecular complexity index is 622. The van der Waals surface area contributed by atoms with Crippen molar-refractivity contribution in [3.8, 4) is 11.5 Å². The molecule has 0 heterocycles. The molecule has 1 aromatic carbocycles. The highest BCUT2D eigenvalue weighted by molar-refractivity contribution is 5.91. The Labute approximate surface area is 126 Å². The number of rotatable bonds is 6. The fourth-order valence-electron chi connectivity index (χ4n) is 1.56. The van der Waals surface area contributed by atoms with Gasteiger partial charge in [0, 0.05) is 13.0 Å². The highest BCUT2D eigenvalue weighted by Crippen LogP contribution is 2.29. The zero-order valence-electron chi connectivity index (χ0n) is 12.3. The van der Waals surface area contributed by atoms with Crippen molar-refractivity contribution in [2.24, 2.45) is 0 Å². The Morgan fingerprint density at radius 2 is 2.00 bits per heavy atom. The second-order valence-corrected chi connectivity index (χ2v) is 4.01. The number of benzene rings is 1. The number of carbonyl (C=O) groups is 2. The van der Waals surface area contributed by atoms with E-state index in [1.807, 2.05) is 0 Å². The van der Waals surface area contributed by atoms with Crippen molar-refractivity contribution in [1.29, 1.82) is 0 Å². The molecule has 8 heteroatoms. The lowest BCUT2D eigenvalue weighted by atomic mass is 10.1. The lowest BCUT2D eigenvalue weighted by molar-refractivity contribution is -0.419. The first-order valence-electron chi connectivity index (χ1n) is 6.28. The van der Waals surface area contributed by atoms with Crippen LogP contribution in [0.15, 0.2) is 23.9 Å². The van der Waals surface area contributed by atoms with E-state index in [-0.39, 0.29) is 18.1 Å². The third kappa shape index (κ3) is 4.58. The molecule has 0 bridgehead atoms. The van der Waals surface area contributed by atoms with Crippen LogP contribution in [0.3, 0.4) is 0 Å². The Hall–Kier alpha value is -2.90. The number of esters is 2. The lowest BCUT2D eigenvalue weighted by Gasteiger charge is -2.08. The van der Waals surface area contributed by atoms with E-state index < -0.39 is 22.6 Å². The summed E-state index contributed by atoms with van der Waals surface area (Å²) < 4.78 is 14.6. The molecule has 8 nitrogen and oxygen atoms in total. The number of ether oxygens (including phenoxy) is 3. The van der Waals surface area contributed by atoms with Crippen molar-refractivity contribution in [3.05, 3.63) is 39.6 Å². The minimum Gasteiger partial charge on any atom is -0.493 e. The quantitative estimate of drug-likeness (QED) is 0.259. The summed E-state index contributed by atoms with van der Waals surface area (Å²) in [5.74, 6) is -1.18. The first-order chi connectivity index (χ1) is 10.4.